The first-order valence-electron chi connectivity index (χ1n) is 12.1. The number of carboxylic acids is 1. The summed E-state index contributed by atoms with van der Waals surface area (Å²) in [6, 6.07) is 7.56. The SMILES string of the molecule is CC(C)(C)OC(=O)N(CCC[C@@](CN=C(N)N)(C(=O)O)N(C(=O)OC(C)(C)C)C(=O)c1ccccc1)C(=N)N. The zero-order valence-corrected chi connectivity index (χ0v) is 23.2. The molecule has 0 aliphatic heterocycles. The molecule has 0 radical (unpaired) electrons. The molecule has 0 aliphatic rings. The van der Waals surface area contributed by atoms with Gasteiger partial charge in [0.2, 0.25) is 0 Å². The highest BCUT2D eigenvalue weighted by Gasteiger charge is 2.51. The van der Waals surface area contributed by atoms with E-state index in [9.17, 15) is 24.3 Å². The summed E-state index contributed by atoms with van der Waals surface area (Å²) in [5.41, 5.74) is 12.2. The molecule has 3 amide bonds. The van der Waals surface area contributed by atoms with Gasteiger partial charge < -0.3 is 31.8 Å². The second-order valence-electron chi connectivity index (χ2n) is 10.7. The molecule has 8 N–H and O–H groups in total. The van der Waals surface area contributed by atoms with Crippen molar-refractivity contribution < 1.29 is 33.8 Å². The Balaban J connectivity index is 3.61. The van der Waals surface area contributed by atoms with Crippen LogP contribution in [-0.4, -0.2) is 80.7 Å². The Hall–Kier alpha value is -4.36. The summed E-state index contributed by atoms with van der Waals surface area (Å²) in [5, 5.41) is 18.2. The molecule has 14 heteroatoms. The van der Waals surface area contributed by atoms with Gasteiger partial charge in [-0.15, -0.1) is 0 Å². The van der Waals surface area contributed by atoms with Crippen molar-refractivity contribution in [3.63, 3.8) is 0 Å². The van der Waals surface area contributed by atoms with Crippen molar-refractivity contribution in [3.8, 4) is 0 Å². The van der Waals surface area contributed by atoms with E-state index in [-0.39, 0.29) is 18.5 Å². The number of guanidine groups is 2. The number of carbonyl (C=O) groups excluding carboxylic acids is 3. The number of nitrogens with two attached hydrogens (primary N) is 3. The van der Waals surface area contributed by atoms with E-state index < -0.39 is 65.7 Å². The molecule has 0 fully saturated rings. The molecule has 0 unspecified atom stereocenters. The molecule has 39 heavy (non-hydrogen) atoms. The molecule has 1 rings (SSSR count). The van der Waals surface area contributed by atoms with Gasteiger partial charge in [-0.2, -0.15) is 0 Å². The Morgan fingerprint density at radius 1 is 0.923 bits per heavy atom. The van der Waals surface area contributed by atoms with Crippen LogP contribution in [0.15, 0.2) is 35.3 Å². The van der Waals surface area contributed by atoms with Crippen LogP contribution in [0.3, 0.4) is 0 Å². The summed E-state index contributed by atoms with van der Waals surface area (Å²) in [7, 11) is 0. The molecule has 14 nitrogen and oxygen atoms in total. The predicted molar refractivity (Wildman–Crippen MR) is 144 cm³/mol. The lowest BCUT2D eigenvalue weighted by atomic mass is 9.90. The largest absolute Gasteiger partial charge is 0.479 e. The number of nitrogens with one attached hydrogen (secondary N) is 1. The van der Waals surface area contributed by atoms with Crippen molar-refractivity contribution in [1.29, 1.82) is 5.41 Å². The van der Waals surface area contributed by atoms with E-state index in [0.717, 1.165) is 4.90 Å². The zero-order chi connectivity index (χ0) is 30.2. The molecule has 0 spiro atoms. The molecule has 1 atom stereocenters. The first kappa shape index (κ1) is 32.7. The third-order valence-electron chi connectivity index (χ3n) is 5.03. The monoisotopic (exact) mass is 549 g/mol. The normalized spacial score (nSPS) is 12.9. The standard InChI is InChI=1S/C25H39N7O7/c1-23(2,3)38-21(36)31(20(28)29)14-10-13-25(18(34)35,15-30-19(26)27)32(22(37)39-24(4,5)6)17(33)16-11-8-7-9-12-16/h7-9,11-12H,10,13-15H2,1-6H3,(H3,28,29)(H,34,35)(H4,26,27,30)/t25-/m1/s1. The highest BCUT2D eigenvalue weighted by atomic mass is 16.6. The van der Waals surface area contributed by atoms with E-state index in [0.29, 0.717) is 4.90 Å². The molecular formula is C25H39N7O7. The number of nitrogens with zero attached hydrogens (tertiary/aromatic N) is 3. The molecular weight excluding hydrogens is 510 g/mol. The summed E-state index contributed by atoms with van der Waals surface area (Å²) in [4.78, 5) is 57.6. The first-order chi connectivity index (χ1) is 17.8. The lowest BCUT2D eigenvalue weighted by Gasteiger charge is -2.39. The number of aliphatic imine (C=N–C) groups is 1. The number of hydrogen-bond donors (Lipinski definition) is 5. The van der Waals surface area contributed by atoms with E-state index in [4.69, 9.17) is 32.1 Å². The molecule has 0 saturated carbocycles. The fourth-order valence-electron chi connectivity index (χ4n) is 3.38. The van der Waals surface area contributed by atoms with Crippen molar-refractivity contribution in [3.05, 3.63) is 35.9 Å². The number of aliphatic carboxylic acids is 1. The van der Waals surface area contributed by atoms with Crippen LogP contribution in [0, 0.1) is 5.41 Å². The van der Waals surface area contributed by atoms with Crippen LogP contribution in [-0.2, 0) is 14.3 Å². The third-order valence-corrected chi connectivity index (χ3v) is 5.03. The lowest BCUT2D eigenvalue weighted by Crippen LogP contribution is -2.62. The number of imide groups is 1. The van der Waals surface area contributed by atoms with Gasteiger partial charge in [0, 0.05) is 12.1 Å². The number of hydrogen-bond acceptors (Lipinski definition) is 8. The van der Waals surface area contributed by atoms with Gasteiger partial charge in [0.1, 0.15) is 11.2 Å². The Kier molecular flexibility index (Phi) is 10.8. The zero-order valence-electron chi connectivity index (χ0n) is 23.2. The number of amides is 3. The Morgan fingerprint density at radius 3 is 1.87 bits per heavy atom. The van der Waals surface area contributed by atoms with Gasteiger partial charge in [-0.1, -0.05) is 18.2 Å². The molecule has 0 aromatic heterocycles. The van der Waals surface area contributed by atoms with Crippen LogP contribution in [0.2, 0.25) is 0 Å². The van der Waals surface area contributed by atoms with E-state index in [1.807, 2.05) is 0 Å². The van der Waals surface area contributed by atoms with Gasteiger partial charge in [-0.25, -0.2) is 24.2 Å². The molecule has 0 bridgehead atoms. The van der Waals surface area contributed by atoms with Gasteiger partial charge >= 0.3 is 18.2 Å². The van der Waals surface area contributed by atoms with Crippen LogP contribution in [0.4, 0.5) is 9.59 Å². The van der Waals surface area contributed by atoms with E-state index in [2.05, 4.69) is 4.99 Å². The number of rotatable bonds is 9. The van der Waals surface area contributed by atoms with Crippen LogP contribution in [0.1, 0.15) is 64.7 Å². The average molecular weight is 550 g/mol. The maximum Gasteiger partial charge on any atom is 0.418 e. The van der Waals surface area contributed by atoms with E-state index in [1.165, 1.54) is 12.1 Å². The van der Waals surface area contributed by atoms with Gasteiger partial charge in [-0.3, -0.25) is 15.2 Å². The fourth-order valence-corrected chi connectivity index (χ4v) is 3.38. The number of carboxylic acid groups (broad SMARTS) is 1. The molecule has 1 aromatic carbocycles. The highest BCUT2D eigenvalue weighted by molar-refractivity contribution is 6.07. The van der Waals surface area contributed by atoms with Crippen molar-refractivity contribution in [2.75, 3.05) is 13.1 Å². The topological polar surface area (TPSA) is 228 Å². The molecule has 0 aliphatic carbocycles. The molecule has 216 valence electrons. The molecule has 1 aromatic rings. The summed E-state index contributed by atoms with van der Waals surface area (Å²) in [5.74, 6) is -3.68. The smallest absolute Gasteiger partial charge is 0.418 e. The maximum atomic E-state index is 13.7. The minimum absolute atomic E-state index is 0.0119. The van der Waals surface area contributed by atoms with Gasteiger partial charge in [-0.05, 0) is 66.5 Å². The van der Waals surface area contributed by atoms with Gasteiger partial charge in [0.05, 0.1) is 6.54 Å². The lowest BCUT2D eigenvalue weighted by molar-refractivity contribution is -0.149. The minimum Gasteiger partial charge on any atom is -0.479 e. The van der Waals surface area contributed by atoms with Crippen LogP contribution in [0.5, 0.6) is 0 Å². The molecule has 0 saturated heterocycles. The summed E-state index contributed by atoms with van der Waals surface area (Å²) in [6.45, 7) is 8.56. The first-order valence-corrected chi connectivity index (χ1v) is 12.1. The Morgan fingerprint density at radius 2 is 1.44 bits per heavy atom. The number of benzene rings is 1. The van der Waals surface area contributed by atoms with Crippen LogP contribution < -0.4 is 17.2 Å². The van der Waals surface area contributed by atoms with Gasteiger partial charge in [0.15, 0.2) is 17.5 Å². The van der Waals surface area contributed by atoms with Crippen molar-refractivity contribution in [2.45, 2.75) is 71.1 Å². The second-order valence-corrected chi connectivity index (χ2v) is 10.7. The van der Waals surface area contributed by atoms with Crippen LogP contribution in [0.25, 0.3) is 0 Å². The quantitative estimate of drug-likeness (QED) is 0.222. The van der Waals surface area contributed by atoms with Crippen molar-refractivity contribution >= 4 is 36.0 Å². The second kappa shape index (κ2) is 12.9. The number of ether oxygens (including phenoxy) is 2. The summed E-state index contributed by atoms with van der Waals surface area (Å²) in [6.07, 6.45) is -2.76. The van der Waals surface area contributed by atoms with Crippen LogP contribution >= 0.6 is 0 Å². The van der Waals surface area contributed by atoms with E-state index in [1.54, 1.807) is 59.7 Å². The predicted octanol–water partition coefficient (Wildman–Crippen LogP) is 2.07. The van der Waals surface area contributed by atoms with Gasteiger partial charge in [0.25, 0.3) is 5.91 Å². The highest BCUT2D eigenvalue weighted by Crippen LogP contribution is 2.29. The minimum atomic E-state index is -2.35. The van der Waals surface area contributed by atoms with Crippen molar-refractivity contribution in [2.24, 2.45) is 22.2 Å². The van der Waals surface area contributed by atoms with E-state index >= 15 is 0 Å². The van der Waals surface area contributed by atoms with Crippen molar-refractivity contribution in [1.82, 2.24) is 9.80 Å². The fraction of sp³-hybridized carbons (Fsp3) is 0.520. The summed E-state index contributed by atoms with van der Waals surface area (Å²) >= 11 is 0. The average Bonchev–Trinajstić information content (AvgIpc) is 2.77. The summed E-state index contributed by atoms with van der Waals surface area (Å²) < 4.78 is 10.7. The Labute approximate surface area is 227 Å². The Bertz CT molecular complexity index is 1090. The third kappa shape index (κ3) is 9.79. The number of carbonyl (C=O) groups is 4. The molecule has 0 heterocycles. The maximum absolute atomic E-state index is 13.7.